The zero-order valence-electron chi connectivity index (χ0n) is 26.9. The molecule has 1 saturated heterocycles. The van der Waals surface area contributed by atoms with Gasteiger partial charge in [-0.1, -0.05) is 24.3 Å². The zero-order chi connectivity index (χ0) is 34.1. The van der Waals surface area contributed by atoms with Gasteiger partial charge in [-0.3, -0.25) is 9.79 Å². The van der Waals surface area contributed by atoms with Crippen molar-refractivity contribution in [3.05, 3.63) is 90.4 Å². The van der Waals surface area contributed by atoms with Crippen molar-refractivity contribution in [3.8, 4) is 22.6 Å². The molecule has 4 bridgehead atoms. The number of hydrogen-bond donors (Lipinski definition) is 1. The van der Waals surface area contributed by atoms with Crippen LogP contribution in [-0.4, -0.2) is 81.0 Å². The maximum atomic E-state index is 14.8. The number of alkyl halides is 1. The van der Waals surface area contributed by atoms with E-state index in [-0.39, 0.29) is 17.7 Å². The topological polar surface area (TPSA) is 115 Å². The monoisotopic (exact) mass is 684 g/mol. The highest BCUT2D eigenvalue weighted by atomic mass is 35.5. The molecule has 2 aliphatic heterocycles. The van der Waals surface area contributed by atoms with Crippen molar-refractivity contribution in [2.24, 2.45) is 4.99 Å². The van der Waals surface area contributed by atoms with Crippen molar-refractivity contribution < 1.29 is 18.3 Å². The van der Waals surface area contributed by atoms with E-state index in [1.165, 1.54) is 17.1 Å². The molecule has 7 rings (SSSR count). The lowest BCUT2D eigenvalue weighted by atomic mass is 9.93. The Balaban J connectivity index is 1.31. The highest BCUT2D eigenvalue weighted by Gasteiger charge is 2.42. The van der Waals surface area contributed by atoms with E-state index >= 15 is 0 Å². The Kier molecular flexibility index (Phi) is 9.13. The first-order valence-corrected chi connectivity index (χ1v) is 16.8. The van der Waals surface area contributed by atoms with Crippen LogP contribution in [0.3, 0.4) is 0 Å². The summed E-state index contributed by atoms with van der Waals surface area (Å²) in [5, 5.41) is 4.91. The van der Waals surface area contributed by atoms with Gasteiger partial charge in [0.1, 0.15) is 41.5 Å². The molecule has 252 valence electrons. The van der Waals surface area contributed by atoms with Crippen molar-refractivity contribution >= 4 is 45.8 Å². The number of nitrogens with two attached hydrogens (primary N) is 1. The maximum Gasteiger partial charge on any atom is 0.245 e. The first kappa shape index (κ1) is 32.4. The van der Waals surface area contributed by atoms with Crippen LogP contribution >= 0.6 is 11.6 Å². The molecule has 0 radical (unpaired) electrons. The van der Waals surface area contributed by atoms with E-state index in [1.807, 2.05) is 52.3 Å². The van der Waals surface area contributed by atoms with Gasteiger partial charge in [0.05, 0.1) is 18.1 Å². The van der Waals surface area contributed by atoms with Gasteiger partial charge >= 0.3 is 0 Å². The SMILES string of the molecule is CN=C1CCCN(CCCCl)C(=O)C2CC(CN2c2ncnc3c2cnn3-c2ccc(F)cc2F)Oc2cccc(c2)-c2cccc(N)c21. The number of carbonyl (C=O) groups is 1. The van der Waals surface area contributed by atoms with Crippen LogP contribution in [0.15, 0.2) is 78.2 Å². The smallest absolute Gasteiger partial charge is 0.245 e. The van der Waals surface area contributed by atoms with E-state index in [4.69, 9.17) is 22.1 Å². The Morgan fingerprint density at radius 2 is 1.96 bits per heavy atom. The summed E-state index contributed by atoms with van der Waals surface area (Å²) in [4.78, 5) is 32.0. The van der Waals surface area contributed by atoms with Crippen molar-refractivity contribution in [1.82, 2.24) is 24.6 Å². The predicted octanol–water partition coefficient (Wildman–Crippen LogP) is 6.04. The molecule has 2 atom stereocenters. The highest BCUT2D eigenvalue weighted by Crippen LogP contribution is 2.36. The molecule has 0 aliphatic carbocycles. The van der Waals surface area contributed by atoms with Gasteiger partial charge < -0.3 is 20.3 Å². The van der Waals surface area contributed by atoms with Gasteiger partial charge in [-0.05, 0) is 60.7 Å². The molecule has 49 heavy (non-hydrogen) atoms. The normalized spacial score (nSPS) is 19.1. The number of aliphatic imine (C=N–C) groups is 1. The van der Waals surface area contributed by atoms with Gasteiger partial charge in [0.25, 0.3) is 0 Å². The Morgan fingerprint density at radius 1 is 1.10 bits per heavy atom. The van der Waals surface area contributed by atoms with Gasteiger partial charge in [-0.2, -0.15) is 5.10 Å². The van der Waals surface area contributed by atoms with Gasteiger partial charge in [-0.15, -0.1) is 11.6 Å². The van der Waals surface area contributed by atoms with E-state index in [0.29, 0.717) is 79.5 Å². The lowest BCUT2D eigenvalue weighted by molar-refractivity contribution is -0.132. The van der Waals surface area contributed by atoms with Crippen LogP contribution in [0.4, 0.5) is 20.3 Å². The van der Waals surface area contributed by atoms with Crippen LogP contribution in [0.5, 0.6) is 5.75 Å². The number of amides is 1. The van der Waals surface area contributed by atoms with Crippen molar-refractivity contribution in [2.45, 2.75) is 37.8 Å². The average Bonchev–Trinajstić information content (AvgIpc) is 3.72. The molecule has 1 amide bonds. The fraction of sp³-hybridized carbons (Fsp3) is 0.306. The van der Waals surface area contributed by atoms with Crippen molar-refractivity contribution in [2.75, 3.05) is 43.2 Å². The molecule has 13 heteroatoms. The van der Waals surface area contributed by atoms with E-state index in [9.17, 15) is 13.6 Å². The third-order valence-electron chi connectivity index (χ3n) is 9.12. The molecule has 2 unspecified atom stereocenters. The fourth-order valence-corrected chi connectivity index (χ4v) is 7.00. The largest absolute Gasteiger partial charge is 0.488 e. The quantitative estimate of drug-likeness (QED) is 0.177. The Morgan fingerprint density at radius 3 is 2.78 bits per heavy atom. The summed E-state index contributed by atoms with van der Waals surface area (Å²) in [6, 6.07) is 16.4. The molecule has 1 fully saturated rings. The summed E-state index contributed by atoms with van der Waals surface area (Å²) >= 11 is 6.12. The van der Waals surface area contributed by atoms with Crippen LogP contribution < -0.4 is 15.4 Å². The van der Waals surface area contributed by atoms with Crippen LogP contribution in [0.1, 0.15) is 31.2 Å². The van der Waals surface area contributed by atoms with E-state index in [2.05, 4.69) is 20.1 Å². The van der Waals surface area contributed by atoms with Gasteiger partial charge in [0.2, 0.25) is 5.91 Å². The third-order valence-corrected chi connectivity index (χ3v) is 9.39. The number of nitrogens with zero attached hydrogens (tertiary/aromatic N) is 7. The van der Waals surface area contributed by atoms with Gasteiger partial charge in [0, 0.05) is 55.5 Å². The second-order valence-corrected chi connectivity index (χ2v) is 12.5. The number of rotatable bonds is 5. The molecule has 3 aromatic carbocycles. The van der Waals surface area contributed by atoms with Gasteiger partial charge in [0.15, 0.2) is 11.5 Å². The number of ether oxygens (including phenoxy) is 1. The van der Waals surface area contributed by atoms with Crippen molar-refractivity contribution in [1.29, 1.82) is 0 Å². The summed E-state index contributed by atoms with van der Waals surface area (Å²) < 4.78 is 36.4. The first-order valence-electron chi connectivity index (χ1n) is 16.2. The molecular formula is C36H35ClF2N8O2. The molecule has 2 aliphatic rings. The number of halogens is 3. The number of carbonyl (C=O) groups excluding carboxylic acids is 1. The molecule has 10 nitrogen and oxygen atoms in total. The van der Waals surface area contributed by atoms with Crippen LogP contribution in [0.2, 0.25) is 0 Å². The van der Waals surface area contributed by atoms with E-state index in [1.54, 1.807) is 13.2 Å². The lowest BCUT2D eigenvalue weighted by Crippen LogP contribution is -2.47. The second-order valence-electron chi connectivity index (χ2n) is 12.2. The Bertz CT molecular complexity index is 2050. The summed E-state index contributed by atoms with van der Waals surface area (Å²) in [7, 11) is 1.77. The second kappa shape index (κ2) is 13.8. The number of nitrogen functional groups attached to an aromatic ring is 1. The van der Waals surface area contributed by atoms with Crippen LogP contribution in [-0.2, 0) is 4.79 Å². The number of aromatic nitrogens is 4. The standard InChI is InChI=1S/C36H35ClF2N8O2/c1-41-30-10-4-14-45(15-5-13-37)36(48)32-18-25(49-24-7-2-6-22(16-24)26-8-3-9-29(40)33(26)30)20-46(32)34-27-19-44-47(35(27)43-21-42-34)31-12-11-23(38)17-28(31)39/h2-3,6-9,11-12,16-17,19,21,25,32H,4-5,10,13-15,18,20,40H2,1H3. The molecule has 0 spiro atoms. The summed E-state index contributed by atoms with van der Waals surface area (Å²) in [6.07, 6.45) is 4.84. The number of hydrogen-bond acceptors (Lipinski definition) is 8. The summed E-state index contributed by atoms with van der Waals surface area (Å²) in [5.74, 6) is -0.00517. The van der Waals surface area contributed by atoms with Crippen molar-refractivity contribution in [3.63, 3.8) is 0 Å². The minimum atomic E-state index is -0.778. The number of benzene rings is 3. The Hall–Kier alpha value is -5.10. The first-order chi connectivity index (χ1) is 23.9. The average molecular weight is 685 g/mol. The fourth-order valence-electron chi connectivity index (χ4n) is 6.88. The molecule has 2 N–H and O–H groups in total. The van der Waals surface area contributed by atoms with Crippen LogP contribution in [0, 0.1) is 11.6 Å². The highest BCUT2D eigenvalue weighted by molar-refractivity contribution is 6.17. The molecule has 0 saturated carbocycles. The van der Waals surface area contributed by atoms with E-state index in [0.717, 1.165) is 34.5 Å². The van der Waals surface area contributed by atoms with Gasteiger partial charge in [-0.25, -0.2) is 23.4 Å². The zero-order valence-corrected chi connectivity index (χ0v) is 27.7. The molecular weight excluding hydrogens is 650 g/mol. The minimum absolute atomic E-state index is 0.0446. The van der Waals surface area contributed by atoms with Crippen LogP contribution in [0.25, 0.3) is 27.8 Å². The lowest BCUT2D eigenvalue weighted by Gasteiger charge is -2.31. The molecule has 5 aromatic rings. The maximum absolute atomic E-state index is 14.8. The molecule has 2 aromatic heterocycles. The third kappa shape index (κ3) is 6.28. The number of anilines is 2. The summed E-state index contributed by atoms with van der Waals surface area (Å²) in [6.45, 7) is 1.32. The minimum Gasteiger partial charge on any atom is -0.488 e. The number of fused-ring (bicyclic) bond motifs is 7. The predicted molar refractivity (Wildman–Crippen MR) is 187 cm³/mol. The van der Waals surface area contributed by atoms with E-state index < -0.39 is 17.7 Å². The Labute approximate surface area is 287 Å². The molecule has 4 heterocycles. The summed E-state index contributed by atoms with van der Waals surface area (Å²) in [5.41, 5.74) is 11.2.